The van der Waals surface area contributed by atoms with Crippen LogP contribution in [-0.2, 0) is 12.7 Å². The van der Waals surface area contributed by atoms with Gasteiger partial charge in [0.05, 0.1) is 12.1 Å². The summed E-state index contributed by atoms with van der Waals surface area (Å²) < 4.78 is 44.7. The Bertz CT molecular complexity index is 543. The van der Waals surface area contributed by atoms with Gasteiger partial charge in [-0.1, -0.05) is 12.1 Å². The van der Waals surface area contributed by atoms with Gasteiger partial charge in [0.25, 0.3) is 0 Å². The van der Waals surface area contributed by atoms with Gasteiger partial charge in [-0.2, -0.15) is 13.2 Å². The summed E-state index contributed by atoms with van der Waals surface area (Å²) >= 11 is 0. The number of aliphatic hydroxyl groups is 1. The van der Waals surface area contributed by atoms with E-state index in [1.807, 2.05) is 0 Å². The van der Waals surface area contributed by atoms with E-state index in [4.69, 9.17) is 4.74 Å². The lowest BCUT2D eigenvalue weighted by Gasteiger charge is -2.16. The van der Waals surface area contributed by atoms with Crippen LogP contribution in [0.15, 0.2) is 36.9 Å². The zero-order valence-corrected chi connectivity index (χ0v) is 10.3. The van der Waals surface area contributed by atoms with Gasteiger partial charge in [-0.25, -0.2) is 0 Å². The smallest absolute Gasteiger partial charge is 0.419 e. The highest BCUT2D eigenvalue weighted by atomic mass is 19.4. The summed E-state index contributed by atoms with van der Waals surface area (Å²) in [5.74, 6) is -0.303. The summed E-state index contributed by atoms with van der Waals surface area (Å²) in [5.41, 5.74) is -0.864. The van der Waals surface area contributed by atoms with E-state index in [1.54, 1.807) is 0 Å². The molecule has 1 heterocycles. The average Bonchev–Trinajstić information content (AvgIpc) is 2.88. The number of nitrogens with zero attached hydrogens (tertiary/aromatic N) is 3. The van der Waals surface area contributed by atoms with Crippen molar-refractivity contribution in [3.63, 3.8) is 0 Å². The Labute approximate surface area is 112 Å². The Kier molecular flexibility index (Phi) is 4.23. The quantitative estimate of drug-likeness (QED) is 0.910. The molecule has 0 amide bonds. The molecule has 0 saturated heterocycles. The molecular weight excluding hydrogens is 275 g/mol. The number of hydrogen-bond acceptors (Lipinski definition) is 4. The summed E-state index contributed by atoms with van der Waals surface area (Å²) in [6.07, 6.45) is -2.66. The van der Waals surface area contributed by atoms with Crippen molar-refractivity contribution < 1.29 is 23.0 Å². The molecule has 8 heteroatoms. The third-order valence-electron chi connectivity index (χ3n) is 2.51. The van der Waals surface area contributed by atoms with Crippen LogP contribution in [0.5, 0.6) is 5.75 Å². The van der Waals surface area contributed by atoms with Crippen molar-refractivity contribution >= 4 is 0 Å². The number of halogens is 3. The van der Waals surface area contributed by atoms with Crippen LogP contribution in [0.2, 0.25) is 0 Å². The fourth-order valence-corrected chi connectivity index (χ4v) is 1.63. The Hall–Kier alpha value is -2.09. The number of aromatic nitrogens is 3. The van der Waals surface area contributed by atoms with Crippen molar-refractivity contribution in [1.82, 2.24) is 14.8 Å². The molecule has 0 spiro atoms. The molecule has 1 atom stereocenters. The molecule has 0 fully saturated rings. The van der Waals surface area contributed by atoms with Crippen molar-refractivity contribution in [2.45, 2.75) is 18.8 Å². The third-order valence-corrected chi connectivity index (χ3v) is 2.51. The van der Waals surface area contributed by atoms with Crippen molar-refractivity contribution in [1.29, 1.82) is 0 Å². The standard InChI is InChI=1S/C12H12F3N3O2/c13-12(14,15)10-3-1-2-4-11(10)20-6-9(19)5-18-7-16-17-8-18/h1-4,7-9,19H,5-6H2. The second-order valence-corrected chi connectivity index (χ2v) is 4.12. The summed E-state index contributed by atoms with van der Waals surface area (Å²) in [6.45, 7) is -0.119. The predicted octanol–water partition coefficient (Wildman–Crippen LogP) is 1.74. The molecule has 1 N–H and O–H groups in total. The lowest BCUT2D eigenvalue weighted by atomic mass is 10.2. The summed E-state index contributed by atoms with van der Waals surface area (Å²) in [6, 6.07) is 4.87. The van der Waals surface area contributed by atoms with Crippen molar-refractivity contribution in [2.24, 2.45) is 0 Å². The van der Waals surface area contributed by atoms with Gasteiger partial charge >= 0.3 is 6.18 Å². The molecule has 20 heavy (non-hydrogen) atoms. The van der Waals surface area contributed by atoms with Crippen LogP contribution in [0.3, 0.4) is 0 Å². The van der Waals surface area contributed by atoms with E-state index in [0.717, 1.165) is 6.07 Å². The Morgan fingerprint density at radius 3 is 2.50 bits per heavy atom. The fourth-order valence-electron chi connectivity index (χ4n) is 1.63. The zero-order valence-electron chi connectivity index (χ0n) is 10.3. The number of rotatable bonds is 5. The molecule has 5 nitrogen and oxygen atoms in total. The van der Waals surface area contributed by atoms with Crippen LogP contribution in [0.4, 0.5) is 13.2 Å². The largest absolute Gasteiger partial charge is 0.490 e. The Balaban J connectivity index is 1.97. The molecular formula is C12H12F3N3O2. The van der Waals surface area contributed by atoms with Crippen LogP contribution in [0, 0.1) is 0 Å². The summed E-state index contributed by atoms with van der Waals surface area (Å²) in [7, 11) is 0. The number of ether oxygens (including phenoxy) is 1. The van der Waals surface area contributed by atoms with Gasteiger partial charge in [-0.05, 0) is 12.1 Å². The van der Waals surface area contributed by atoms with Crippen LogP contribution in [-0.4, -0.2) is 32.6 Å². The molecule has 1 unspecified atom stereocenters. The molecule has 0 saturated carbocycles. The second-order valence-electron chi connectivity index (χ2n) is 4.12. The molecule has 1 aromatic heterocycles. The third kappa shape index (κ3) is 3.70. The lowest BCUT2D eigenvalue weighted by Crippen LogP contribution is -2.23. The molecule has 0 aliphatic heterocycles. The monoisotopic (exact) mass is 287 g/mol. The minimum atomic E-state index is -4.49. The van der Waals surface area contributed by atoms with Gasteiger partial charge in [-0.3, -0.25) is 0 Å². The maximum Gasteiger partial charge on any atom is 0.419 e. The maximum absolute atomic E-state index is 12.7. The Morgan fingerprint density at radius 2 is 1.85 bits per heavy atom. The number of aliphatic hydroxyl groups excluding tert-OH is 1. The summed E-state index contributed by atoms with van der Waals surface area (Å²) in [4.78, 5) is 0. The van der Waals surface area contributed by atoms with E-state index in [2.05, 4.69) is 10.2 Å². The van der Waals surface area contributed by atoms with Crippen LogP contribution >= 0.6 is 0 Å². The van der Waals surface area contributed by atoms with E-state index >= 15 is 0 Å². The van der Waals surface area contributed by atoms with Gasteiger partial charge in [0.1, 0.15) is 31.1 Å². The van der Waals surface area contributed by atoms with Gasteiger partial charge in [0, 0.05) is 0 Å². The van der Waals surface area contributed by atoms with E-state index in [-0.39, 0.29) is 18.9 Å². The van der Waals surface area contributed by atoms with Gasteiger partial charge in [0.15, 0.2) is 0 Å². The highest BCUT2D eigenvalue weighted by Gasteiger charge is 2.34. The number of hydrogen-bond donors (Lipinski definition) is 1. The van der Waals surface area contributed by atoms with Gasteiger partial charge < -0.3 is 14.4 Å². The lowest BCUT2D eigenvalue weighted by molar-refractivity contribution is -0.139. The first kappa shape index (κ1) is 14.3. The second kappa shape index (κ2) is 5.91. The molecule has 0 aliphatic carbocycles. The SMILES string of the molecule is OC(COc1ccccc1C(F)(F)F)Cn1cnnc1. The maximum atomic E-state index is 12.7. The highest BCUT2D eigenvalue weighted by molar-refractivity contribution is 5.35. The average molecular weight is 287 g/mol. The topological polar surface area (TPSA) is 60.2 Å². The van der Waals surface area contributed by atoms with Gasteiger partial charge in [-0.15, -0.1) is 10.2 Å². The first-order valence-electron chi connectivity index (χ1n) is 5.76. The fraction of sp³-hybridized carbons (Fsp3) is 0.333. The molecule has 0 bridgehead atoms. The minimum Gasteiger partial charge on any atom is -0.490 e. The van der Waals surface area contributed by atoms with Crippen LogP contribution < -0.4 is 4.74 Å². The highest BCUT2D eigenvalue weighted by Crippen LogP contribution is 2.35. The van der Waals surface area contributed by atoms with E-state index in [0.29, 0.717) is 0 Å². The molecule has 1 aromatic carbocycles. The van der Waals surface area contributed by atoms with E-state index in [1.165, 1.54) is 35.4 Å². The zero-order chi connectivity index (χ0) is 14.6. The Morgan fingerprint density at radius 1 is 1.20 bits per heavy atom. The normalized spacial score (nSPS) is 13.2. The van der Waals surface area contributed by atoms with Crippen LogP contribution in [0.1, 0.15) is 5.56 Å². The number of alkyl halides is 3. The first-order chi connectivity index (χ1) is 9.47. The number of benzene rings is 1. The minimum absolute atomic E-state index is 0.140. The van der Waals surface area contributed by atoms with Gasteiger partial charge in [0.2, 0.25) is 0 Å². The summed E-state index contributed by atoms with van der Waals surface area (Å²) in [5, 5.41) is 16.8. The molecule has 108 valence electrons. The predicted molar refractivity (Wildman–Crippen MR) is 63.0 cm³/mol. The van der Waals surface area contributed by atoms with Crippen molar-refractivity contribution in [3.05, 3.63) is 42.5 Å². The van der Waals surface area contributed by atoms with E-state index < -0.39 is 17.8 Å². The first-order valence-corrected chi connectivity index (χ1v) is 5.76. The molecule has 2 rings (SSSR count). The van der Waals surface area contributed by atoms with E-state index in [9.17, 15) is 18.3 Å². The molecule has 0 aliphatic rings. The number of para-hydroxylation sites is 1. The molecule has 2 aromatic rings. The molecule has 0 radical (unpaired) electrons. The van der Waals surface area contributed by atoms with Crippen LogP contribution in [0.25, 0.3) is 0 Å². The van der Waals surface area contributed by atoms with Crippen molar-refractivity contribution in [2.75, 3.05) is 6.61 Å². The van der Waals surface area contributed by atoms with Crippen molar-refractivity contribution in [3.8, 4) is 5.75 Å².